The number of aromatic nitrogens is 1. The fourth-order valence-corrected chi connectivity index (χ4v) is 6.18. The summed E-state index contributed by atoms with van der Waals surface area (Å²) in [4.78, 5) is 13.0. The van der Waals surface area contributed by atoms with Gasteiger partial charge in [0.05, 0.1) is 16.5 Å². The van der Waals surface area contributed by atoms with Crippen LogP contribution in [0.4, 0.5) is 0 Å². The van der Waals surface area contributed by atoms with Gasteiger partial charge < -0.3 is 15.2 Å². The molecule has 2 N–H and O–H groups in total. The van der Waals surface area contributed by atoms with Gasteiger partial charge in [0.25, 0.3) is 5.56 Å². The molecule has 1 aromatic carbocycles. The SMILES string of the molecule is CC(C)OCOCn1ccc2c(S(=O)(=O)N3CC[C@H](N)C34CC4)cccc2c1=O. The van der Waals surface area contributed by atoms with Gasteiger partial charge in [0.1, 0.15) is 13.5 Å². The highest BCUT2D eigenvalue weighted by Gasteiger charge is 2.60. The Balaban J connectivity index is 1.67. The second-order valence-electron chi connectivity index (χ2n) is 8.05. The first kappa shape index (κ1) is 20.5. The number of benzene rings is 1. The van der Waals surface area contributed by atoms with Crippen molar-refractivity contribution in [3.8, 4) is 0 Å². The average Bonchev–Trinajstić information content (AvgIpc) is 3.40. The number of ether oxygens (including phenoxy) is 2. The lowest BCUT2D eigenvalue weighted by molar-refractivity contribution is -0.100. The molecule has 1 saturated carbocycles. The lowest BCUT2D eigenvalue weighted by atomic mass is 10.1. The summed E-state index contributed by atoms with van der Waals surface area (Å²) >= 11 is 0. The number of fused-ring (bicyclic) bond motifs is 1. The van der Waals surface area contributed by atoms with Crippen molar-refractivity contribution >= 4 is 20.8 Å². The van der Waals surface area contributed by atoms with Crippen molar-refractivity contribution in [3.63, 3.8) is 0 Å². The van der Waals surface area contributed by atoms with Crippen LogP contribution in [0.5, 0.6) is 0 Å². The van der Waals surface area contributed by atoms with E-state index in [1.807, 2.05) is 13.8 Å². The number of hydrogen-bond donors (Lipinski definition) is 1. The zero-order valence-electron chi connectivity index (χ0n) is 16.7. The minimum Gasteiger partial charge on any atom is -0.353 e. The molecule has 0 amide bonds. The minimum atomic E-state index is -3.75. The first-order valence-electron chi connectivity index (χ1n) is 9.87. The topological polar surface area (TPSA) is 104 Å². The maximum absolute atomic E-state index is 13.4. The normalized spacial score (nSPS) is 21.4. The summed E-state index contributed by atoms with van der Waals surface area (Å²) in [7, 11) is -3.75. The van der Waals surface area contributed by atoms with Crippen molar-refractivity contribution < 1.29 is 17.9 Å². The molecule has 1 aliphatic carbocycles. The minimum absolute atomic E-state index is 0.0303. The summed E-state index contributed by atoms with van der Waals surface area (Å²) < 4.78 is 40.5. The third-order valence-electron chi connectivity index (χ3n) is 5.85. The molecule has 2 aromatic rings. The van der Waals surface area contributed by atoms with Crippen LogP contribution in [0.3, 0.4) is 0 Å². The largest absolute Gasteiger partial charge is 0.353 e. The van der Waals surface area contributed by atoms with Crippen LogP contribution in [0, 0.1) is 0 Å². The van der Waals surface area contributed by atoms with Crippen LogP contribution in [-0.2, 0) is 26.2 Å². The average molecular weight is 422 g/mol. The highest BCUT2D eigenvalue weighted by atomic mass is 32.2. The number of sulfonamides is 1. The third kappa shape index (κ3) is 3.51. The molecule has 4 rings (SSSR count). The molecule has 1 aliphatic heterocycles. The Labute approximate surface area is 170 Å². The maximum Gasteiger partial charge on any atom is 0.260 e. The van der Waals surface area contributed by atoms with E-state index in [1.165, 1.54) is 4.57 Å². The van der Waals surface area contributed by atoms with Crippen molar-refractivity contribution in [1.82, 2.24) is 8.87 Å². The van der Waals surface area contributed by atoms with Crippen LogP contribution >= 0.6 is 0 Å². The predicted octanol–water partition coefficient (Wildman–Crippen LogP) is 1.61. The Morgan fingerprint density at radius 3 is 2.69 bits per heavy atom. The van der Waals surface area contributed by atoms with Crippen molar-refractivity contribution in [2.75, 3.05) is 13.3 Å². The summed E-state index contributed by atoms with van der Waals surface area (Å²) in [5, 5.41) is 0.763. The molecule has 2 fully saturated rings. The van der Waals surface area contributed by atoms with E-state index in [9.17, 15) is 13.2 Å². The summed E-state index contributed by atoms with van der Waals surface area (Å²) in [6.07, 6.45) is 3.83. The Hall–Kier alpha value is -1.78. The Morgan fingerprint density at radius 2 is 2.00 bits per heavy atom. The van der Waals surface area contributed by atoms with Gasteiger partial charge in [0, 0.05) is 29.6 Å². The van der Waals surface area contributed by atoms with E-state index in [1.54, 1.807) is 34.8 Å². The Bertz CT molecular complexity index is 1080. The number of pyridine rings is 1. The van der Waals surface area contributed by atoms with Crippen molar-refractivity contribution in [1.29, 1.82) is 0 Å². The summed E-state index contributed by atoms with van der Waals surface area (Å²) in [5.41, 5.74) is 5.44. The molecule has 0 bridgehead atoms. The third-order valence-corrected chi connectivity index (χ3v) is 7.89. The molecular weight excluding hydrogens is 394 g/mol. The lowest BCUT2D eigenvalue weighted by Crippen LogP contribution is -2.44. The van der Waals surface area contributed by atoms with Crippen molar-refractivity contribution in [3.05, 3.63) is 40.8 Å². The van der Waals surface area contributed by atoms with E-state index in [0.29, 0.717) is 23.7 Å². The molecular formula is C20H27N3O5S. The van der Waals surface area contributed by atoms with E-state index < -0.39 is 15.6 Å². The smallest absolute Gasteiger partial charge is 0.260 e. The molecule has 0 unspecified atom stereocenters. The van der Waals surface area contributed by atoms with Crippen LogP contribution in [0.25, 0.3) is 10.8 Å². The quantitative estimate of drug-likeness (QED) is 0.538. The molecule has 0 radical (unpaired) electrons. The van der Waals surface area contributed by atoms with Gasteiger partial charge in [-0.25, -0.2) is 8.42 Å². The first-order chi connectivity index (χ1) is 13.8. The Morgan fingerprint density at radius 1 is 1.24 bits per heavy atom. The molecule has 1 saturated heterocycles. The molecule has 1 aromatic heterocycles. The second kappa shape index (κ2) is 7.48. The fourth-order valence-electron chi connectivity index (χ4n) is 4.09. The zero-order chi connectivity index (χ0) is 20.8. The van der Waals surface area contributed by atoms with Gasteiger partial charge in [-0.2, -0.15) is 4.31 Å². The molecule has 1 spiro atoms. The van der Waals surface area contributed by atoms with Crippen LogP contribution in [0.1, 0.15) is 33.1 Å². The van der Waals surface area contributed by atoms with Gasteiger partial charge in [0.2, 0.25) is 10.0 Å². The standard InChI is InChI=1S/C20H27N3O5S/c1-14(2)28-13-27-12-22-10-6-15-16(19(22)24)4-3-5-17(15)29(25,26)23-11-7-18(21)20(23)8-9-20/h3-6,10,14,18H,7-9,11-13,21H2,1-2H3/t18-/m0/s1. The van der Waals surface area contributed by atoms with Gasteiger partial charge in [-0.3, -0.25) is 9.36 Å². The fraction of sp³-hybridized carbons (Fsp3) is 0.550. The number of rotatable bonds is 7. The van der Waals surface area contributed by atoms with Crippen molar-refractivity contribution in [2.45, 2.75) is 62.4 Å². The van der Waals surface area contributed by atoms with E-state index in [0.717, 1.165) is 12.8 Å². The number of nitrogens with zero attached hydrogens (tertiary/aromatic N) is 2. The molecule has 158 valence electrons. The van der Waals surface area contributed by atoms with E-state index in [4.69, 9.17) is 15.2 Å². The monoisotopic (exact) mass is 421 g/mol. The highest BCUT2D eigenvalue weighted by molar-refractivity contribution is 7.89. The first-order valence-corrected chi connectivity index (χ1v) is 11.3. The lowest BCUT2D eigenvalue weighted by Gasteiger charge is -2.26. The number of hydrogen-bond acceptors (Lipinski definition) is 6. The zero-order valence-corrected chi connectivity index (χ0v) is 17.5. The Kier molecular flexibility index (Phi) is 5.28. The molecule has 8 nitrogen and oxygen atoms in total. The van der Waals surface area contributed by atoms with Gasteiger partial charge in [-0.05, 0) is 51.3 Å². The van der Waals surface area contributed by atoms with Gasteiger partial charge in [0.15, 0.2) is 0 Å². The van der Waals surface area contributed by atoms with Crippen molar-refractivity contribution in [2.24, 2.45) is 5.73 Å². The number of nitrogens with two attached hydrogens (primary N) is 1. The van der Waals surface area contributed by atoms with Gasteiger partial charge in [-0.1, -0.05) is 6.07 Å². The molecule has 29 heavy (non-hydrogen) atoms. The van der Waals surface area contributed by atoms with Crippen LogP contribution < -0.4 is 11.3 Å². The molecule has 2 aliphatic rings. The molecule has 9 heteroatoms. The molecule has 1 atom stereocenters. The van der Waals surface area contributed by atoms with Crippen LogP contribution in [0.2, 0.25) is 0 Å². The predicted molar refractivity (Wildman–Crippen MR) is 109 cm³/mol. The van der Waals surface area contributed by atoms with Gasteiger partial charge >= 0.3 is 0 Å². The van der Waals surface area contributed by atoms with Gasteiger partial charge in [-0.15, -0.1) is 0 Å². The van der Waals surface area contributed by atoms with E-state index >= 15 is 0 Å². The summed E-state index contributed by atoms with van der Waals surface area (Å²) in [6.45, 7) is 4.32. The van der Waals surface area contributed by atoms with E-state index in [-0.39, 0.29) is 36.1 Å². The highest BCUT2D eigenvalue weighted by Crippen LogP contribution is 2.51. The second-order valence-corrected chi connectivity index (χ2v) is 9.88. The molecule has 2 heterocycles. The van der Waals surface area contributed by atoms with Crippen LogP contribution in [-0.4, -0.2) is 48.3 Å². The van der Waals surface area contributed by atoms with Crippen LogP contribution in [0.15, 0.2) is 40.2 Å². The summed E-state index contributed by atoms with van der Waals surface area (Å²) in [5.74, 6) is 0. The summed E-state index contributed by atoms with van der Waals surface area (Å²) in [6, 6.07) is 6.34. The van der Waals surface area contributed by atoms with E-state index in [2.05, 4.69) is 0 Å². The maximum atomic E-state index is 13.4.